The van der Waals surface area contributed by atoms with Gasteiger partial charge in [-0.2, -0.15) is 0 Å². The quantitative estimate of drug-likeness (QED) is 0.208. The summed E-state index contributed by atoms with van der Waals surface area (Å²) < 4.78 is 24.2. The van der Waals surface area contributed by atoms with Crippen molar-refractivity contribution < 1.29 is 18.9 Å². The van der Waals surface area contributed by atoms with Crippen molar-refractivity contribution >= 4 is 0 Å². The summed E-state index contributed by atoms with van der Waals surface area (Å²) in [6.45, 7) is 25.9. The standard InChI is InChI=1S/C39H48O4/c1-21-15-31(16-22(2)35(21)40-13)42-37-25(5)19-33(27(7)29(37)9)39(11,12)34-20-26(6)38(30(10)28(34)8)43-32-17-23(3)36(41-14)24(4)18-32/h15-20H,1-14H3. The molecule has 0 fully saturated rings. The Hall–Kier alpha value is -3.92. The Morgan fingerprint density at radius 1 is 0.395 bits per heavy atom. The van der Waals surface area contributed by atoms with Crippen LogP contribution in [0.1, 0.15) is 80.6 Å². The van der Waals surface area contributed by atoms with E-state index < -0.39 is 0 Å². The summed E-state index contributed by atoms with van der Waals surface area (Å²) in [6, 6.07) is 12.8. The van der Waals surface area contributed by atoms with Gasteiger partial charge in [0.2, 0.25) is 0 Å². The van der Waals surface area contributed by atoms with Gasteiger partial charge in [-0.15, -0.1) is 0 Å². The van der Waals surface area contributed by atoms with E-state index in [1.165, 1.54) is 22.3 Å². The minimum atomic E-state index is -0.239. The fourth-order valence-electron chi connectivity index (χ4n) is 6.69. The molecule has 0 aromatic heterocycles. The van der Waals surface area contributed by atoms with E-state index in [2.05, 4.69) is 95.2 Å². The Labute approximate surface area is 259 Å². The van der Waals surface area contributed by atoms with Crippen LogP contribution in [0.15, 0.2) is 36.4 Å². The predicted octanol–water partition coefficient (Wildman–Crippen LogP) is 10.7. The van der Waals surface area contributed by atoms with Crippen molar-refractivity contribution in [3.8, 4) is 34.5 Å². The maximum Gasteiger partial charge on any atom is 0.133 e. The molecule has 4 aromatic rings. The Kier molecular flexibility index (Phi) is 8.92. The molecule has 4 nitrogen and oxygen atoms in total. The van der Waals surface area contributed by atoms with Crippen LogP contribution in [0.5, 0.6) is 34.5 Å². The summed E-state index contributed by atoms with van der Waals surface area (Å²) in [6.07, 6.45) is 0. The van der Waals surface area contributed by atoms with E-state index in [4.69, 9.17) is 18.9 Å². The monoisotopic (exact) mass is 580 g/mol. The van der Waals surface area contributed by atoms with E-state index in [9.17, 15) is 0 Å². The molecular weight excluding hydrogens is 532 g/mol. The molecule has 0 aliphatic carbocycles. The minimum absolute atomic E-state index is 0.239. The van der Waals surface area contributed by atoms with Gasteiger partial charge in [-0.1, -0.05) is 26.0 Å². The number of aryl methyl sites for hydroxylation is 6. The van der Waals surface area contributed by atoms with E-state index in [1.807, 2.05) is 24.3 Å². The molecule has 43 heavy (non-hydrogen) atoms. The predicted molar refractivity (Wildman–Crippen MR) is 179 cm³/mol. The van der Waals surface area contributed by atoms with Gasteiger partial charge >= 0.3 is 0 Å². The molecule has 0 saturated carbocycles. The van der Waals surface area contributed by atoms with Crippen LogP contribution in [0.2, 0.25) is 0 Å². The number of ether oxygens (including phenoxy) is 4. The van der Waals surface area contributed by atoms with Crippen LogP contribution in [0.3, 0.4) is 0 Å². The number of methoxy groups -OCH3 is 2. The lowest BCUT2D eigenvalue weighted by molar-refractivity contribution is 0.406. The third kappa shape index (κ3) is 5.85. The normalized spacial score (nSPS) is 11.5. The van der Waals surface area contributed by atoms with E-state index in [0.717, 1.165) is 79.0 Å². The highest BCUT2D eigenvalue weighted by molar-refractivity contribution is 5.60. The van der Waals surface area contributed by atoms with Gasteiger partial charge in [-0.05, 0) is 160 Å². The third-order valence-electron chi connectivity index (χ3n) is 9.11. The average molecular weight is 581 g/mol. The topological polar surface area (TPSA) is 36.9 Å². The first-order valence-corrected chi connectivity index (χ1v) is 15.0. The summed E-state index contributed by atoms with van der Waals surface area (Å²) in [5, 5.41) is 0. The molecule has 0 aliphatic rings. The molecule has 0 radical (unpaired) electrons. The van der Waals surface area contributed by atoms with Gasteiger partial charge in [0.1, 0.15) is 34.5 Å². The van der Waals surface area contributed by atoms with Gasteiger partial charge in [-0.25, -0.2) is 0 Å². The highest BCUT2D eigenvalue weighted by atomic mass is 16.5. The largest absolute Gasteiger partial charge is 0.496 e. The van der Waals surface area contributed by atoms with Gasteiger partial charge in [0.05, 0.1) is 14.2 Å². The van der Waals surface area contributed by atoms with Gasteiger partial charge in [-0.3, -0.25) is 0 Å². The average Bonchev–Trinajstić information content (AvgIpc) is 2.92. The van der Waals surface area contributed by atoms with Crippen molar-refractivity contribution in [1.82, 2.24) is 0 Å². The van der Waals surface area contributed by atoms with Crippen LogP contribution < -0.4 is 18.9 Å². The second-order valence-corrected chi connectivity index (χ2v) is 12.7. The summed E-state index contributed by atoms with van der Waals surface area (Å²) in [7, 11) is 3.42. The van der Waals surface area contributed by atoms with E-state index in [1.54, 1.807) is 14.2 Å². The molecule has 0 saturated heterocycles. The molecule has 0 spiro atoms. The van der Waals surface area contributed by atoms with Crippen molar-refractivity contribution in [2.45, 2.75) is 88.5 Å². The van der Waals surface area contributed by atoms with E-state index in [0.29, 0.717) is 0 Å². The highest BCUT2D eigenvalue weighted by Gasteiger charge is 2.31. The lowest BCUT2D eigenvalue weighted by Gasteiger charge is -2.33. The van der Waals surface area contributed by atoms with Crippen LogP contribution in [-0.2, 0) is 5.41 Å². The smallest absolute Gasteiger partial charge is 0.133 e. The van der Waals surface area contributed by atoms with Crippen LogP contribution in [0, 0.1) is 69.2 Å². The molecular formula is C39H48O4. The SMILES string of the molecule is COc1c(C)cc(Oc2c(C)cc(C(C)(C)c3cc(C)c(Oc4cc(C)c(OC)c(C)c4)c(C)c3C)c(C)c2C)cc1C. The molecule has 0 heterocycles. The molecule has 0 N–H and O–H groups in total. The van der Waals surface area contributed by atoms with Crippen LogP contribution in [0.25, 0.3) is 0 Å². The lowest BCUT2D eigenvalue weighted by atomic mass is 9.72. The van der Waals surface area contributed by atoms with Gasteiger partial charge < -0.3 is 18.9 Å². The molecule has 228 valence electrons. The first-order chi connectivity index (χ1) is 20.1. The van der Waals surface area contributed by atoms with Crippen molar-refractivity contribution in [1.29, 1.82) is 0 Å². The minimum Gasteiger partial charge on any atom is -0.496 e. The molecule has 0 atom stereocenters. The number of hydrogen-bond donors (Lipinski definition) is 0. The summed E-state index contributed by atoms with van der Waals surface area (Å²) in [5.41, 5.74) is 13.7. The zero-order valence-electron chi connectivity index (χ0n) is 28.6. The zero-order chi connectivity index (χ0) is 32.0. The van der Waals surface area contributed by atoms with Crippen molar-refractivity contribution in [2.24, 2.45) is 0 Å². The Bertz CT molecular complexity index is 1540. The van der Waals surface area contributed by atoms with Crippen LogP contribution >= 0.6 is 0 Å². The highest BCUT2D eigenvalue weighted by Crippen LogP contribution is 2.44. The van der Waals surface area contributed by atoms with Crippen molar-refractivity contribution in [2.75, 3.05) is 14.2 Å². The number of hydrogen-bond acceptors (Lipinski definition) is 4. The maximum atomic E-state index is 6.54. The summed E-state index contributed by atoms with van der Waals surface area (Å²) in [4.78, 5) is 0. The summed E-state index contributed by atoms with van der Waals surface area (Å²) >= 11 is 0. The van der Waals surface area contributed by atoms with Crippen LogP contribution in [0.4, 0.5) is 0 Å². The van der Waals surface area contributed by atoms with Gasteiger partial charge in [0.25, 0.3) is 0 Å². The van der Waals surface area contributed by atoms with Gasteiger partial charge in [0, 0.05) is 5.41 Å². The molecule has 0 amide bonds. The Balaban J connectivity index is 1.74. The van der Waals surface area contributed by atoms with Gasteiger partial charge in [0.15, 0.2) is 0 Å². The molecule has 4 heteroatoms. The molecule has 4 aromatic carbocycles. The second kappa shape index (κ2) is 12.0. The number of rotatable bonds is 8. The van der Waals surface area contributed by atoms with E-state index in [-0.39, 0.29) is 5.41 Å². The first kappa shape index (κ1) is 32.0. The number of benzene rings is 4. The molecule has 0 bridgehead atoms. The fraction of sp³-hybridized carbons (Fsp3) is 0.385. The first-order valence-electron chi connectivity index (χ1n) is 15.0. The lowest BCUT2D eigenvalue weighted by Crippen LogP contribution is -2.23. The Morgan fingerprint density at radius 2 is 0.674 bits per heavy atom. The second-order valence-electron chi connectivity index (χ2n) is 12.7. The molecule has 0 aliphatic heterocycles. The van der Waals surface area contributed by atoms with E-state index >= 15 is 0 Å². The zero-order valence-corrected chi connectivity index (χ0v) is 28.6. The van der Waals surface area contributed by atoms with Crippen molar-refractivity contribution in [3.63, 3.8) is 0 Å². The fourth-order valence-corrected chi connectivity index (χ4v) is 6.69. The maximum absolute atomic E-state index is 6.54. The summed E-state index contributed by atoms with van der Waals surface area (Å²) in [5.74, 6) is 5.29. The van der Waals surface area contributed by atoms with Crippen LogP contribution in [-0.4, -0.2) is 14.2 Å². The third-order valence-corrected chi connectivity index (χ3v) is 9.11. The molecule has 4 rings (SSSR count). The van der Waals surface area contributed by atoms with Crippen molar-refractivity contribution in [3.05, 3.63) is 103 Å². The Morgan fingerprint density at radius 3 is 0.953 bits per heavy atom. The molecule has 0 unspecified atom stereocenters.